The molecule has 1 aliphatic heterocycles. The summed E-state index contributed by atoms with van der Waals surface area (Å²) >= 11 is 0. The van der Waals surface area contributed by atoms with Gasteiger partial charge in [-0.15, -0.1) is 0 Å². The second-order valence-electron chi connectivity index (χ2n) is 11.7. The van der Waals surface area contributed by atoms with Crippen LogP contribution in [0.4, 0.5) is 5.69 Å². The highest BCUT2D eigenvalue weighted by Crippen LogP contribution is 2.31. The lowest BCUT2D eigenvalue weighted by atomic mass is 9.89. The van der Waals surface area contributed by atoms with Gasteiger partial charge in [0.25, 0.3) is 10.0 Å². The SMILES string of the molecule is COc1ccc(S(=O)(=O)Nc2ccc3c(c2)CC(=O)N([C@H](C)CO)C[C@H](C)[C@@H](CN(C)CC2CCCCC2)O3)cc1. The van der Waals surface area contributed by atoms with Crippen LogP contribution in [-0.2, 0) is 21.2 Å². The van der Waals surface area contributed by atoms with Crippen molar-refractivity contribution in [1.29, 1.82) is 0 Å². The number of aliphatic hydroxyl groups excluding tert-OH is 1. The molecule has 1 amide bonds. The summed E-state index contributed by atoms with van der Waals surface area (Å²) in [5.41, 5.74) is 0.949. The van der Waals surface area contributed by atoms with Crippen LogP contribution in [0.2, 0.25) is 0 Å². The monoisotopic (exact) mass is 587 g/mol. The fourth-order valence-corrected chi connectivity index (χ4v) is 6.92. The number of likely N-dealkylation sites (N-methyl/N-ethyl adjacent to an activating group) is 1. The number of nitrogens with zero attached hydrogens (tertiary/aromatic N) is 2. The summed E-state index contributed by atoms with van der Waals surface area (Å²) in [6.45, 7) is 5.98. The molecule has 0 aromatic heterocycles. The topological polar surface area (TPSA) is 108 Å². The molecule has 0 bridgehead atoms. The standard InChI is InChI=1S/C31H45N3O6S/c1-22-18-34(23(2)21-35)31(36)17-25-16-26(32-41(37,38)28-13-11-27(39-4)12-14-28)10-15-29(25)40-30(22)20-33(3)19-24-8-6-5-7-9-24/h10-16,22-24,30,32,35H,5-9,17-21H2,1-4H3/t22-,23+,30+/m0/s1. The number of nitrogens with one attached hydrogen (secondary N) is 1. The molecule has 0 spiro atoms. The Morgan fingerprint density at radius 2 is 1.83 bits per heavy atom. The van der Waals surface area contributed by atoms with Crippen molar-refractivity contribution in [2.75, 3.05) is 45.1 Å². The van der Waals surface area contributed by atoms with E-state index in [1.54, 1.807) is 35.2 Å². The molecule has 3 atom stereocenters. The minimum atomic E-state index is -3.86. The molecule has 2 aromatic rings. The van der Waals surface area contributed by atoms with Gasteiger partial charge in [0.05, 0.1) is 31.1 Å². The van der Waals surface area contributed by atoms with Crippen molar-refractivity contribution in [3.05, 3.63) is 48.0 Å². The largest absolute Gasteiger partial charge is 0.497 e. The fraction of sp³-hybridized carbons (Fsp3) is 0.581. The van der Waals surface area contributed by atoms with E-state index in [1.807, 2.05) is 6.92 Å². The molecule has 1 heterocycles. The highest BCUT2D eigenvalue weighted by molar-refractivity contribution is 7.92. The second kappa shape index (κ2) is 13.9. The Bertz CT molecular complexity index is 1260. The predicted octanol–water partition coefficient (Wildman–Crippen LogP) is 4.16. The average Bonchev–Trinajstić information content (AvgIpc) is 3.00. The van der Waals surface area contributed by atoms with Gasteiger partial charge in [0.1, 0.15) is 17.6 Å². The number of hydrogen-bond donors (Lipinski definition) is 2. The molecule has 10 heteroatoms. The van der Waals surface area contributed by atoms with Crippen LogP contribution in [0.1, 0.15) is 51.5 Å². The van der Waals surface area contributed by atoms with Crippen molar-refractivity contribution in [1.82, 2.24) is 9.80 Å². The van der Waals surface area contributed by atoms with Crippen molar-refractivity contribution in [2.24, 2.45) is 11.8 Å². The molecule has 0 unspecified atom stereocenters. The van der Waals surface area contributed by atoms with Gasteiger partial charge in [0.15, 0.2) is 0 Å². The quantitative estimate of drug-likeness (QED) is 0.430. The predicted molar refractivity (Wildman–Crippen MR) is 160 cm³/mol. The van der Waals surface area contributed by atoms with E-state index in [1.165, 1.54) is 51.3 Å². The van der Waals surface area contributed by atoms with E-state index in [-0.39, 0.29) is 41.9 Å². The third-order valence-electron chi connectivity index (χ3n) is 8.32. The number of anilines is 1. The van der Waals surface area contributed by atoms with Crippen molar-refractivity contribution in [2.45, 2.75) is 69.4 Å². The smallest absolute Gasteiger partial charge is 0.261 e. The van der Waals surface area contributed by atoms with E-state index in [2.05, 4.69) is 23.6 Å². The zero-order valence-corrected chi connectivity index (χ0v) is 25.5. The van der Waals surface area contributed by atoms with Gasteiger partial charge in [0, 0.05) is 36.8 Å². The number of rotatable bonds is 10. The lowest BCUT2D eigenvalue weighted by molar-refractivity contribution is -0.134. The number of benzene rings is 2. The van der Waals surface area contributed by atoms with Gasteiger partial charge in [-0.3, -0.25) is 9.52 Å². The maximum absolute atomic E-state index is 13.5. The van der Waals surface area contributed by atoms with Crippen LogP contribution in [0.15, 0.2) is 47.4 Å². The third-order valence-corrected chi connectivity index (χ3v) is 9.72. The van der Waals surface area contributed by atoms with Crippen molar-refractivity contribution in [3.63, 3.8) is 0 Å². The maximum Gasteiger partial charge on any atom is 0.261 e. The summed E-state index contributed by atoms with van der Waals surface area (Å²) in [6.07, 6.45) is 6.29. The van der Waals surface area contributed by atoms with Gasteiger partial charge in [-0.1, -0.05) is 26.2 Å². The number of amides is 1. The Morgan fingerprint density at radius 3 is 2.49 bits per heavy atom. The van der Waals surface area contributed by atoms with Crippen LogP contribution < -0.4 is 14.2 Å². The fourth-order valence-electron chi connectivity index (χ4n) is 5.87. The molecule has 41 heavy (non-hydrogen) atoms. The summed E-state index contributed by atoms with van der Waals surface area (Å²) in [5, 5.41) is 9.91. The Hall–Kier alpha value is -2.82. The number of sulfonamides is 1. The molecule has 0 saturated heterocycles. The lowest BCUT2D eigenvalue weighted by Crippen LogP contribution is -2.48. The number of carbonyl (C=O) groups is 1. The first-order chi connectivity index (χ1) is 19.6. The molecule has 2 N–H and O–H groups in total. The molecule has 0 radical (unpaired) electrons. The first-order valence-corrected chi connectivity index (χ1v) is 16.1. The van der Waals surface area contributed by atoms with E-state index in [0.717, 1.165) is 6.54 Å². The van der Waals surface area contributed by atoms with Gasteiger partial charge in [-0.05, 0) is 75.2 Å². The molecule has 226 valence electrons. The van der Waals surface area contributed by atoms with Gasteiger partial charge in [0.2, 0.25) is 5.91 Å². The lowest BCUT2D eigenvalue weighted by Gasteiger charge is -2.35. The number of carbonyl (C=O) groups excluding carboxylic acids is 1. The van der Waals surface area contributed by atoms with E-state index in [0.29, 0.717) is 41.8 Å². The third kappa shape index (κ3) is 8.14. The number of aliphatic hydroxyl groups is 1. The van der Waals surface area contributed by atoms with Gasteiger partial charge < -0.3 is 24.4 Å². The number of hydrogen-bond acceptors (Lipinski definition) is 7. The first kappa shape index (κ1) is 31.1. The number of ether oxygens (including phenoxy) is 2. The first-order valence-electron chi connectivity index (χ1n) is 14.6. The van der Waals surface area contributed by atoms with Crippen LogP contribution in [0, 0.1) is 11.8 Å². The minimum absolute atomic E-state index is 0.0148. The van der Waals surface area contributed by atoms with Crippen LogP contribution in [0.5, 0.6) is 11.5 Å². The molecule has 1 aliphatic carbocycles. The van der Waals surface area contributed by atoms with E-state index >= 15 is 0 Å². The Morgan fingerprint density at radius 1 is 1.12 bits per heavy atom. The van der Waals surface area contributed by atoms with Crippen LogP contribution in [0.3, 0.4) is 0 Å². The average molecular weight is 588 g/mol. The van der Waals surface area contributed by atoms with Crippen LogP contribution >= 0.6 is 0 Å². The summed E-state index contributed by atoms with van der Waals surface area (Å²) in [6, 6.07) is 10.9. The molecule has 9 nitrogen and oxygen atoms in total. The molecule has 2 aliphatic rings. The van der Waals surface area contributed by atoms with E-state index < -0.39 is 10.0 Å². The maximum atomic E-state index is 13.5. The summed E-state index contributed by atoms with van der Waals surface area (Å²) in [5.74, 6) is 1.72. The van der Waals surface area contributed by atoms with Gasteiger partial charge >= 0.3 is 0 Å². The second-order valence-corrected chi connectivity index (χ2v) is 13.4. The Kier molecular flexibility index (Phi) is 10.5. The summed E-state index contributed by atoms with van der Waals surface area (Å²) in [4.78, 5) is 17.7. The molecule has 1 fully saturated rings. The van der Waals surface area contributed by atoms with Crippen LogP contribution in [-0.4, -0.2) is 81.8 Å². The highest BCUT2D eigenvalue weighted by Gasteiger charge is 2.31. The number of methoxy groups -OCH3 is 1. The molecule has 1 saturated carbocycles. The van der Waals surface area contributed by atoms with E-state index in [9.17, 15) is 18.3 Å². The zero-order valence-electron chi connectivity index (χ0n) is 24.7. The minimum Gasteiger partial charge on any atom is -0.497 e. The summed E-state index contributed by atoms with van der Waals surface area (Å²) < 4.78 is 40.5. The molecular formula is C31H45N3O6S. The molecule has 4 rings (SSSR count). The molecule has 2 aromatic carbocycles. The van der Waals surface area contributed by atoms with Crippen molar-refractivity contribution in [3.8, 4) is 11.5 Å². The van der Waals surface area contributed by atoms with Crippen LogP contribution in [0.25, 0.3) is 0 Å². The number of fused-ring (bicyclic) bond motifs is 1. The van der Waals surface area contributed by atoms with Crippen molar-refractivity contribution >= 4 is 21.6 Å². The van der Waals surface area contributed by atoms with Gasteiger partial charge in [-0.2, -0.15) is 0 Å². The molecular weight excluding hydrogens is 542 g/mol. The Balaban J connectivity index is 1.59. The van der Waals surface area contributed by atoms with Gasteiger partial charge in [-0.25, -0.2) is 8.42 Å². The van der Waals surface area contributed by atoms with Crippen molar-refractivity contribution < 1.29 is 27.8 Å². The normalized spacial score (nSPS) is 21.3. The Labute approximate surface area is 244 Å². The van der Waals surface area contributed by atoms with E-state index in [4.69, 9.17) is 9.47 Å². The highest BCUT2D eigenvalue weighted by atomic mass is 32.2. The summed E-state index contributed by atoms with van der Waals surface area (Å²) in [7, 11) is -0.206. The zero-order chi connectivity index (χ0) is 29.6.